The third-order valence-corrected chi connectivity index (χ3v) is 2.54. The lowest BCUT2D eigenvalue weighted by atomic mass is 10.1. The Hall–Kier alpha value is -0.810. The van der Waals surface area contributed by atoms with Gasteiger partial charge < -0.3 is 21.0 Å². The number of nitrogens with one attached hydrogen (secondary N) is 1. The largest absolute Gasteiger partial charge is 0.409 e. The third-order valence-electron chi connectivity index (χ3n) is 2.54. The highest BCUT2D eigenvalue weighted by Crippen LogP contribution is 1.99. The van der Waals surface area contributed by atoms with E-state index in [0.29, 0.717) is 18.3 Å². The zero-order chi connectivity index (χ0) is 12.2. The van der Waals surface area contributed by atoms with E-state index in [2.05, 4.69) is 17.4 Å². The maximum absolute atomic E-state index is 8.47. The minimum Gasteiger partial charge on any atom is -0.409 e. The van der Waals surface area contributed by atoms with Crippen molar-refractivity contribution >= 4 is 5.84 Å². The zero-order valence-electron chi connectivity index (χ0n) is 10.4. The average molecular weight is 231 g/mol. The molecule has 0 aliphatic rings. The van der Waals surface area contributed by atoms with Crippen LogP contribution in [-0.4, -0.2) is 37.3 Å². The van der Waals surface area contributed by atoms with Crippen LogP contribution in [0.2, 0.25) is 0 Å². The molecule has 0 aliphatic heterocycles. The first-order chi connectivity index (χ1) is 7.74. The number of nitrogens with two attached hydrogens (primary N) is 1. The maximum atomic E-state index is 8.47. The highest BCUT2D eigenvalue weighted by atomic mass is 16.5. The van der Waals surface area contributed by atoms with E-state index in [1.54, 1.807) is 7.11 Å². The number of ether oxygens (including phenoxy) is 1. The van der Waals surface area contributed by atoms with Crippen molar-refractivity contribution in [1.29, 1.82) is 0 Å². The average Bonchev–Trinajstić information content (AvgIpc) is 2.31. The number of nitrogens with zero attached hydrogens (tertiary/aromatic N) is 1. The molecule has 1 unspecified atom stereocenters. The van der Waals surface area contributed by atoms with Gasteiger partial charge in [0.05, 0.1) is 0 Å². The number of methoxy groups -OCH3 is 1. The van der Waals surface area contributed by atoms with Crippen LogP contribution in [0.25, 0.3) is 0 Å². The number of hydrogen-bond acceptors (Lipinski definition) is 4. The molecule has 1 atom stereocenters. The summed E-state index contributed by atoms with van der Waals surface area (Å²) in [6.07, 6.45) is 4.99. The maximum Gasteiger partial charge on any atom is 0.140 e. The molecule has 96 valence electrons. The highest BCUT2D eigenvalue weighted by Gasteiger charge is 2.07. The minimum absolute atomic E-state index is 0.290. The van der Waals surface area contributed by atoms with Gasteiger partial charge in [-0.25, -0.2) is 0 Å². The lowest BCUT2D eigenvalue weighted by Gasteiger charge is -2.15. The van der Waals surface area contributed by atoms with Crippen molar-refractivity contribution in [1.82, 2.24) is 5.32 Å². The fraction of sp³-hybridized carbons (Fsp3) is 0.909. The van der Waals surface area contributed by atoms with Gasteiger partial charge >= 0.3 is 0 Å². The van der Waals surface area contributed by atoms with Gasteiger partial charge in [0.15, 0.2) is 0 Å². The summed E-state index contributed by atoms with van der Waals surface area (Å²) in [5.74, 6) is 0.290. The van der Waals surface area contributed by atoms with E-state index in [9.17, 15) is 0 Å². The Kier molecular flexibility index (Phi) is 10.2. The van der Waals surface area contributed by atoms with E-state index in [0.717, 1.165) is 32.4 Å². The van der Waals surface area contributed by atoms with Gasteiger partial charge in [-0.3, -0.25) is 0 Å². The first-order valence-corrected chi connectivity index (χ1v) is 5.93. The van der Waals surface area contributed by atoms with E-state index in [1.807, 2.05) is 0 Å². The molecule has 4 N–H and O–H groups in total. The summed E-state index contributed by atoms with van der Waals surface area (Å²) in [4.78, 5) is 0. The van der Waals surface area contributed by atoms with Crippen LogP contribution in [0.4, 0.5) is 0 Å². The fourth-order valence-corrected chi connectivity index (χ4v) is 1.51. The van der Waals surface area contributed by atoms with Crippen LogP contribution in [0.1, 0.15) is 39.0 Å². The molecule has 0 radical (unpaired) electrons. The van der Waals surface area contributed by atoms with Gasteiger partial charge in [0.1, 0.15) is 5.84 Å². The molecule has 0 fully saturated rings. The molecule has 0 saturated carbocycles. The van der Waals surface area contributed by atoms with Crippen LogP contribution in [0.5, 0.6) is 0 Å². The molecule has 0 heterocycles. The van der Waals surface area contributed by atoms with Gasteiger partial charge in [0, 0.05) is 26.2 Å². The monoisotopic (exact) mass is 231 g/mol. The fourth-order valence-electron chi connectivity index (χ4n) is 1.51. The number of rotatable bonds is 10. The molecule has 0 aromatic rings. The minimum atomic E-state index is 0.290. The van der Waals surface area contributed by atoms with E-state index in [-0.39, 0.29) is 0 Å². The lowest BCUT2D eigenvalue weighted by Crippen LogP contribution is -2.33. The molecule has 0 aromatic heterocycles. The number of unbranched alkanes of at least 4 members (excludes halogenated alkanes) is 2. The second kappa shape index (κ2) is 10.7. The Morgan fingerprint density at radius 3 is 2.75 bits per heavy atom. The summed E-state index contributed by atoms with van der Waals surface area (Å²) in [6.45, 7) is 3.90. The summed E-state index contributed by atoms with van der Waals surface area (Å²) < 4.78 is 4.98. The van der Waals surface area contributed by atoms with Crippen molar-refractivity contribution in [2.75, 3.05) is 20.3 Å². The van der Waals surface area contributed by atoms with E-state index in [4.69, 9.17) is 15.7 Å². The normalized spacial score (nSPS) is 14.0. The van der Waals surface area contributed by atoms with Gasteiger partial charge in [-0.2, -0.15) is 0 Å². The summed E-state index contributed by atoms with van der Waals surface area (Å²) in [7, 11) is 1.72. The van der Waals surface area contributed by atoms with Crippen molar-refractivity contribution in [3.63, 3.8) is 0 Å². The van der Waals surface area contributed by atoms with Crippen LogP contribution < -0.4 is 11.1 Å². The summed E-state index contributed by atoms with van der Waals surface area (Å²) in [5, 5.41) is 14.9. The van der Waals surface area contributed by atoms with Crippen LogP contribution in [0.15, 0.2) is 5.16 Å². The van der Waals surface area contributed by atoms with Gasteiger partial charge in [-0.05, 0) is 32.2 Å². The molecule has 5 heteroatoms. The van der Waals surface area contributed by atoms with Crippen molar-refractivity contribution < 1.29 is 9.94 Å². The Morgan fingerprint density at radius 2 is 2.19 bits per heavy atom. The second-order valence-corrected chi connectivity index (χ2v) is 3.91. The highest BCUT2D eigenvalue weighted by molar-refractivity contribution is 5.80. The van der Waals surface area contributed by atoms with Crippen molar-refractivity contribution in [3.8, 4) is 0 Å². The first kappa shape index (κ1) is 15.2. The quantitative estimate of drug-likeness (QED) is 0.174. The molecule has 0 spiro atoms. The smallest absolute Gasteiger partial charge is 0.140 e. The van der Waals surface area contributed by atoms with E-state index in [1.165, 1.54) is 6.42 Å². The Morgan fingerprint density at radius 1 is 1.44 bits per heavy atom. The predicted molar refractivity (Wildman–Crippen MR) is 65.8 cm³/mol. The van der Waals surface area contributed by atoms with Crippen LogP contribution in [0.3, 0.4) is 0 Å². The first-order valence-electron chi connectivity index (χ1n) is 5.93. The lowest BCUT2D eigenvalue weighted by molar-refractivity contribution is 0.192. The molecule has 0 bridgehead atoms. The van der Waals surface area contributed by atoms with Gasteiger partial charge in [0.2, 0.25) is 0 Å². The Labute approximate surface area is 98.0 Å². The zero-order valence-corrected chi connectivity index (χ0v) is 10.4. The molecular formula is C11H25N3O2. The number of amidine groups is 1. The van der Waals surface area contributed by atoms with Crippen LogP contribution in [-0.2, 0) is 4.74 Å². The van der Waals surface area contributed by atoms with Gasteiger partial charge in [0.25, 0.3) is 0 Å². The summed E-state index contributed by atoms with van der Waals surface area (Å²) in [6, 6.07) is 0.304. The summed E-state index contributed by atoms with van der Waals surface area (Å²) >= 11 is 0. The summed E-state index contributed by atoms with van der Waals surface area (Å²) in [5.41, 5.74) is 5.46. The van der Waals surface area contributed by atoms with Gasteiger partial charge in [-0.15, -0.1) is 0 Å². The predicted octanol–water partition coefficient (Wildman–Crippen LogP) is 1.31. The topological polar surface area (TPSA) is 79.9 Å². The third kappa shape index (κ3) is 8.49. The molecule has 0 saturated heterocycles. The van der Waals surface area contributed by atoms with Crippen LogP contribution in [0, 0.1) is 0 Å². The molecule has 0 amide bonds. The Bertz CT molecular complexity index is 186. The molecule has 5 nitrogen and oxygen atoms in total. The van der Waals surface area contributed by atoms with E-state index < -0.39 is 0 Å². The SMILES string of the molecule is CCC(CC(N)=NO)NCCCCCOC. The van der Waals surface area contributed by atoms with Crippen molar-refractivity contribution in [2.45, 2.75) is 45.1 Å². The van der Waals surface area contributed by atoms with Crippen molar-refractivity contribution in [2.24, 2.45) is 10.9 Å². The Balaban J connectivity index is 3.48. The molecule has 16 heavy (non-hydrogen) atoms. The van der Waals surface area contributed by atoms with E-state index >= 15 is 0 Å². The second-order valence-electron chi connectivity index (χ2n) is 3.91. The molecule has 0 rings (SSSR count). The van der Waals surface area contributed by atoms with Crippen molar-refractivity contribution in [3.05, 3.63) is 0 Å². The molecule has 0 aliphatic carbocycles. The number of hydrogen-bond donors (Lipinski definition) is 3. The van der Waals surface area contributed by atoms with Gasteiger partial charge in [-0.1, -0.05) is 12.1 Å². The molecular weight excluding hydrogens is 206 g/mol. The van der Waals surface area contributed by atoms with Crippen LogP contribution >= 0.6 is 0 Å². The number of oxime groups is 1. The molecule has 0 aromatic carbocycles. The standard InChI is InChI=1S/C11H25N3O2/c1-3-10(9-11(12)14-15)13-7-5-4-6-8-16-2/h10,13,15H,3-9H2,1-2H3,(H2,12,14).